The van der Waals surface area contributed by atoms with Crippen LogP contribution < -0.4 is 0 Å². The van der Waals surface area contributed by atoms with E-state index in [2.05, 4.69) is 33.2 Å². The van der Waals surface area contributed by atoms with Crippen molar-refractivity contribution in [2.75, 3.05) is 20.1 Å². The first kappa shape index (κ1) is 16.0. The van der Waals surface area contributed by atoms with E-state index in [0.29, 0.717) is 17.6 Å². The smallest absolute Gasteiger partial charge is 0.142 e. The molecule has 26 heavy (non-hydrogen) atoms. The van der Waals surface area contributed by atoms with E-state index in [9.17, 15) is 4.79 Å². The predicted octanol–water partition coefficient (Wildman–Crippen LogP) is 3.21. The largest absolute Gasteiger partial charge is 0.305 e. The first-order chi connectivity index (χ1) is 12.6. The number of rotatable bonds is 4. The van der Waals surface area contributed by atoms with Gasteiger partial charge in [0.15, 0.2) is 0 Å². The third-order valence-corrected chi connectivity index (χ3v) is 6.56. The Hall–Kier alpha value is -2.18. The van der Waals surface area contributed by atoms with Crippen molar-refractivity contribution in [3.8, 4) is 10.4 Å². The second-order valence-corrected chi connectivity index (χ2v) is 8.78. The number of Topliss-reactive ketones (excluding diaryl/α,β-unsaturated/α-hetero) is 1. The molecule has 6 heteroatoms. The van der Waals surface area contributed by atoms with Crippen molar-refractivity contribution in [3.05, 3.63) is 41.7 Å². The summed E-state index contributed by atoms with van der Waals surface area (Å²) in [6, 6.07) is 8.13. The molecule has 1 spiro atoms. The van der Waals surface area contributed by atoms with Gasteiger partial charge in [-0.3, -0.25) is 9.78 Å². The maximum absolute atomic E-state index is 12.6. The molecule has 0 radical (unpaired) electrons. The number of aromatic nitrogens is 3. The van der Waals surface area contributed by atoms with E-state index in [0.717, 1.165) is 53.0 Å². The number of thiazole rings is 1. The Morgan fingerprint density at radius 3 is 2.85 bits per heavy atom. The monoisotopic (exact) mass is 364 g/mol. The normalized spacial score (nSPS) is 19.4. The van der Waals surface area contributed by atoms with Gasteiger partial charge in [0, 0.05) is 30.6 Å². The molecule has 0 amide bonds. The fourth-order valence-corrected chi connectivity index (χ4v) is 5.20. The minimum absolute atomic E-state index is 0.213. The molecular weight excluding hydrogens is 344 g/mol. The number of hydrogen-bond acceptors (Lipinski definition) is 6. The third-order valence-electron chi connectivity index (χ3n) is 5.73. The average Bonchev–Trinajstić information content (AvgIpc) is 3.10. The molecule has 0 unspecified atom stereocenters. The molecule has 3 heterocycles. The second-order valence-electron chi connectivity index (χ2n) is 7.90. The molecule has 5 rings (SSSR count). The van der Waals surface area contributed by atoms with Crippen LogP contribution in [0.25, 0.3) is 21.3 Å². The second kappa shape index (κ2) is 5.93. The van der Waals surface area contributed by atoms with E-state index in [1.807, 2.05) is 29.9 Å². The van der Waals surface area contributed by atoms with Crippen LogP contribution >= 0.6 is 11.3 Å². The molecule has 1 saturated heterocycles. The minimum Gasteiger partial charge on any atom is -0.305 e. The van der Waals surface area contributed by atoms with Gasteiger partial charge in [-0.15, -0.1) is 11.3 Å². The summed E-state index contributed by atoms with van der Waals surface area (Å²) in [5, 5.41) is 9.61. The van der Waals surface area contributed by atoms with E-state index in [4.69, 9.17) is 0 Å². The average molecular weight is 364 g/mol. The van der Waals surface area contributed by atoms with Gasteiger partial charge in [0.2, 0.25) is 0 Å². The number of fused-ring (bicyclic) bond motifs is 1. The van der Waals surface area contributed by atoms with Crippen LogP contribution in [-0.4, -0.2) is 46.0 Å². The maximum atomic E-state index is 12.6. The summed E-state index contributed by atoms with van der Waals surface area (Å²) in [6.45, 7) is 2.29. The van der Waals surface area contributed by atoms with Crippen molar-refractivity contribution < 1.29 is 4.79 Å². The van der Waals surface area contributed by atoms with Gasteiger partial charge in [-0.1, -0.05) is 6.07 Å². The van der Waals surface area contributed by atoms with Gasteiger partial charge in [0.1, 0.15) is 5.78 Å². The Kier molecular flexibility index (Phi) is 3.65. The highest BCUT2D eigenvalue weighted by Crippen LogP contribution is 2.51. The molecule has 2 aliphatic rings. The van der Waals surface area contributed by atoms with Crippen molar-refractivity contribution in [2.45, 2.75) is 19.3 Å². The van der Waals surface area contributed by atoms with Crippen LogP contribution in [0.5, 0.6) is 0 Å². The fraction of sp³-hybridized carbons (Fsp3) is 0.400. The Morgan fingerprint density at radius 2 is 2.12 bits per heavy atom. The summed E-state index contributed by atoms with van der Waals surface area (Å²) in [4.78, 5) is 20.2. The Bertz CT molecular complexity index is 971. The molecule has 3 aromatic rings. The van der Waals surface area contributed by atoms with Crippen LogP contribution in [0.3, 0.4) is 0 Å². The summed E-state index contributed by atoms with van der Waals surface area (Å²) >= 11 is 1.62. The highest BCUT2D eigenvalue weighted by Gasteiger charge is 2.52. The lowest BCUT2D eigenvalue weighted by Crippen LogP contribution is -2.61. The van der Waals surface area contributed by atoms with Gasteiger partial charge in [-0.25, -0.2) is 0 Å². The summed E-state index contributed by atoms with van der Waals surface area (Å²) in [7, 11) is 2.14. The number of likely N-dealkylation sites (tertiary alicyclic amines) is 1. The van der Waals surface area contributed by atoms with Crippen molar-refractivity contribution >= 4 is 28.0 Å². The van der Waals surface area contributed by atoms with Crippen LogP contribution in [-0.2, 0) is 11.2 Å². The van der Waals surface area contributed by atoms with Gasteiger partial charge < -0.3 is 4.90 Å². The SMILES string of the molecule is CN1CC2(CC(C(=O)Cc3cc4cc(-c5cncs5)ccc4nn3)C2)C1. The van der Waals surface area contributed by atoms with Crippen LogP contribution in [0.4, 0.5) is 0 Å². The van der Waals surface area contributed by atoms with Gasteiger partial charge >= 0.3 is 0 Å². The van der Waals surface area contributed by atoms with E-state index in [1.165, 1.54) is 0 Å². The molecular formula is C20H20N4OS. The number of nitrogens with zero attached hydrogens (tertiary/aromatic N) is 4. The number of carbonyl (C=O) groups is 1. The number of carbonyl (C=O) groups excluding carboxylic acids is 1. The van der Waals surface area contributed by atoms with Crippen LogP contribution in [0, 0.1) is 11.3 Å². The fourth-order valence-electron chi connectivity index (χ4n) is 4.58. The third kappa shape index (κ3) is 2.73. The topological polar surface area (TPSA) is 59.0 Å². The molecule has 0 N–H and O–H groups in total. The predicted molar refractivity (Wildman–Crippen MR) is 102 cm³/mol. The lowest BCUT2D eigenvalue weighted by atomic mass is 9.56. The molecule has 2 aromatic heterocycles. The van der Waals surface area contributed by atoms with E-state index >= 15 is 0 Å². The van der Waals surface area contributed by atoms with Gasteiger partial charge in [0.05, 0.1) is 28.0 Å². The lowest BCUT2D eigenvalue weighted by molar-refractivity contribution is -0.139. The van der Waals surface area contributed by atoms with Crippen LogP contribution in [0.15, 0.2) is 36.0 Å². The zero-order valence-electron chi connectivity index (χ0n) is 14.7. The molecule has 0 bridgehead atoms. The van der Waals surface area contributed by atoms with Crippen LogP contribution in [0.2, 0.25) is 0 Å². The van der Waals surface area contributed by atoms with E-state index < -0.39 is 0 Å². The highest BCUT2D eigenvalue weighted by atomic mass is 32.1. The maximum Gasteiger partial charge on any atom is 0.142 e. The summed E-state index contributed by atoms with van der Waals surface area (Å²) in [6.07, 6.45) is 4.36. The number of ketones is 1. The Balaban J connectivity index is 1.32. The zero-order valence-corrected chi connectivity index (χ0v) is 15.5. The van der Waals surface area contributed by atoms with Crippen molar-refractivity contribution in [2.24, 2.45) is 11.3 Å². The van der Waals surface area contributed by atoms with Crippen molar-refractivity contribution in [1.29, 1.82) is 0 Å². The minimum atomic E-state index is 0.213. The van der Waals surface area contributed by atoms with E-state index in [-0.39, 0.29) is 5.92 Å². The molecule has 1 saturated carbocycles. The molecule has 0 atom stereocenters. The lowest BCUT2D eigenvalue weighted by Gasteiger charge is -2.58. The zero-order chi connectivity index (χ0) is 17.7. The van der Waals surface area contributed by atoms with E-state index in [1.54, 1.807) is 11.3 Å². The first-order valence-corrected chi connectivity index (χ1v) is 9.85. The van der Waals surface area contributed by atoms with Gasteiger partial charge in [-0.05, 0) is 49.1 Å². The Labute approximate surface area is 156 Å². The van der Waals surface area contributed by atoms with Gasteiger partial charge in [-0.2, -0.15) is 10.2 Å². The Morgan fingerprint density at radius 1 is 1.27 bits per heavy atom. The number of benzene rings is 1. The first-order valence-electron chi connectivity index (χ1n) is 8.97. The molecule has 2 fully saturated rings. The van der Waals surface area contributed by atoms with Crippen molar-refractivity contribution in [3.63, 3.8) is 0 Å². The summed E-state index contributed by atoms with van der Waals surface area (Å²) in [5.74, 6) is 0.530. The number of hydrogen-bond donors (Lipinski definition) is 0. The molecule has 1 aliphatic heterocycles. The molecule has 1 aliphatic carbocycles. The highest BCUT2D eigenvalue weighted by molar-refractivity contribution is 7.13. The summed E-state index contributed by atoms with van der Waals surface area (Å²) < 4.78 is 0. The summed E-state index contributed by atoms with van der Waals surface area (Å²) in [5.41, 5.74) is 5.03. The molecule has 1 aromatic carbocycles. The van der Waals surface area contributed by atoms with Crippen LogP contribution in [0.1, 0.15) is 18.5 Å². The molecule has 132 valence electrons. The van der Waals surface area contributed by atoms with Gasteiger partial charge in [0.25, 0.3) is 0 Å². The quantitative estimate of drug-likeness (QED) is 0.711. The molecule has 5 nitrogen and oxygen atoms in total. The standard InChI is InChI=1S/C20H20N4OS/c1-24-10-20(11-24)7-15(8-20)18(25)6-16-5-14-4-13(19-9-21-12-26-19)2-3-17(14)23-22-16/h2-5,9,12,15H,6-8,10-11H2,1H3. The van der Waals surface area contributed by atoms with Crippen molar-refractivity contribution in [1.82, 2.24) is 20.1 Å².